The van der Waals surface area contributed by atoms with E-state index in [2.05, 4.69) is 28.0 Å². The molecule has 6 heteroatoms. The lowest BCUT2D eigenvalue weighted by atomic mass is 10.1. The van der Waals surface area contributed by atoms with Crippen LogP contribution in [0.4, 0.5) is 10.1 Å². The molecule has 0 bridgehead atoms. The Kier molecular flexibility index (Phi) is 6.08. The summed E-state index contributed by atoms with van der Waals surface area (Å²) in [5.74, 6) is -0.504. The molecule has 0 atom stereocenters. The smallest absolute Gasteiger partial charge is 0.171 e. The molecule has 0 aromatic heterocycles. The SMILES string of the molecule is CCCCN(CC)c1ccc(/C(N)=N/O)c(Br)c1F. The minimum Gasteiger partial charge on any atom is -0.409 e. The Morgan fingerprint density at radius 2 is 2.16 bits per heavy atom. The summed E-state index contributed by atoms with van der Waals surface area (Å²) in [5.41, 5.74) is 6.36. The Morgan fingerprint density at radius 3 is 2.68 bits per heavy atom. The average molecular weight is 332 g/mol. The lowest BCUT2D eigenvalue weighted by Crippen LogP contribution is -2.25. The number of rotatable bonds is 6. The normalized spacial score (nSPS) is 11.7. The highest BCUT2D eigenvalue weighted by atomic mass is 79.9. The second-order valence-electron chi connectivity index (χ2n) is 4.18. The van der Waals surface area contributed by atoms with Gasteiger partial charge in [-0.15, -0.1) is 0 Å². The molecule has 0 radical (unpaired) electrons. The third-order valence-corrected chi connectivity index (χ3v) is 3.72. The Morgan fingerprint density at radius 1 is 1.47 bits per heavy atom. The third kappa shape index (κ3) is 3.59. The molecule has 0 spiro atoms. The lowest BCUT2D eigenvalue weighted by Gasteiger charge is -2.24. The molecule has 1 aromatic carbocycles. The van der Waals surface area contributed by atoms with E-state index in [0.717, 1.165) is 25.9 Å². The summed E-state index contributed by atoms with van der Waals surface area (Å²) < 4.78 is 14.6. The maximum absolute atomic E-state index is 14.3. The Hall–Kier alpha value is -1.30. The van der Waals surface area contributed by atoms with E-state index < -0.39 is 0 Å². The quantitative estimate of drug-likeness (QED) is 0.364. The fraction of sp³-hybridized carbons (Fsp3) is 0.462. The molecule has 0 amide bonds. The first-order chi connectivity index (χ1) is 9.06. The molecular formula is C13H19BrFN3O. The zero-order valence-corrected chi connectivity index (χ0v) is 12.7. The number of hydrogen-bond acceptors (Lipinski definition) is 3. The fourth-order valence-corrected chi connectivity index (χ4v) is 2.37. The van der Waals surface area contributed by atoms with Gasteiger partial charge in [-0.1, -0.05) is 18.5 Å². The van der Waals surface area contributed by atoms with Crippen LogP contribution in [0.15, 0.2) is 21.8 Å². The van der Waals surface area contributed by atoms with E-state index in [4.69, 9.17) is 10.9 Å². The molecule has 0 heterocycles. The highest BCUT2D eigenvalue weighted by molar-refractivity contribution is 9.10. The van der Waals surface area contributed by atoms with Gasteiger partial charge < -0.3 is 15.8 Å². The molecule has 1 rings (SSSR count). The standard InChI is InChI=1S/C13H19BrFN3O/c1-3-5-8-18(4-2)10-7-6-9(13(16)17-19)11(14)12(10)15/h6-7,19H,3-5,8H2,1-2H3,(H2,16,17). The van der Waals surface area contributed by atoms with Crippen molar-refractivity contribution < 1.29 is 9.60 Å². The van der Waals surface area contributed by atoms with Gasteiger partial charge in [0.25, 0.3) is 0 Å². The molecule has 0 saturated carbocycles. The molecule has 19 heavy (non-hydrogen) atoms. The van der Waals surface area contributed by atoms with Crippen molar-refractivity contribution in [2.75, 3.05) is 18.0 Å². The fourth-order valence-electron chi connectivity index (χ4n) is 1.83. The molecule has 1 aromatic rings. The first-order valence-corrected chi connectivity index (χ1v) is 7.06. The van der Waals surface area contributed by atoms with Crippen LogP contribution in [0.2, 0.25) is 0 Å². The van der Waals surface area contributed by atoms with Gasteiger partial charge in [0.1, 0.15) is 0 Å². The van der Waals surface area contributed by atoms with Crippen LogP contribution in [0.25, 0.3) is 0 Å². The highest BCUT2D eigenvalue weighted by Gasteiger charge is 2.17. The third-order valence-electron chi connectivity index (χ3n) is 2.95. The van der Waals surface area contributed by atoms with Crippen molar-refractivity contribution in [3.8, 4) is 0 Å². The van der Waals surface area contributed by atoms with Gasteiger partial charge in [0, 0.05) is 18.7 Å². The summed E-state index contributed by atoms with van der Waals surface area (Å²) in [6.45, 7) is 5.62. The number of unbranched alkanes of at least 4 members (excludes halogenated alkanes) is 1. The predicted octanol–water partition coefficient (Wildman–Crippen LogP) is 3.31. The van der Waals surface area contributed by atoms with E-state index in [0.29, 0.717) is 11.3 Å². The summed E-state index contributed by atoms with van der Waals surface area (Å²) in [5, 5.41) is 11.5. The first-order valence-electron chi connectivity index (χ1n) is 6.27. The Labute approximate surface area is 121 Å². The number of halogens is 2. The van der Waals surface area contributed by atoms with Crippen molar-refractivity contribution in [1.82, 2.24) is 0 Å². The van der Waals surface area contributed by atoms with Gasteiger partial charge in [-0.25, -0.2) is 4.39 Å². The van der Waals surface area contributed by atoms with E-state index in [1.54, 1.807) is 12.1 Å². The van der Waals surface area contributed by atoms with Crippen LogP contribution >= 0.6 is 15.9 Å². The number of amidine groups is 1. The monoisotopic (exact) mass is 331 g/mol. The van der Waals surface area contributed by atoms with Gasteiger partial charge in [0.05, 0.1) is 10.2 Å². The van der Waals surface area contributed by atoms with Crippen molar-refractivity contribution in [2.45, 2.75) is 26.7 Å². The summed E-state index contributed by atoms with van der Waals surface area (Å²) in [4.78, 5) is 1.97. The molecule has 0 fully saturated rings. The maximum atomic E-state index is 14.3. The van der Waals surface area contributed by atoms with E-state index in [-0.39, 0.29) is 16.1 Å². The number of hydrogen-bond donors (Lipinski definition) is 2. The number of nitrogens with zero attached hydrogens (tertiary/aromatic N) is 2. The zero-order valence-electron chi connectivity index (χ0n) is 11.2. The molecule has 3 N–H and O–H groups in total. The summed E-state index contributed by atoms with van der Waals surface area (Å²) in [6.07, 6.45) is 2.06. The zero-order chi connectivity index (χ0) is 14.4. The summed E-state index contributed by atoms with van der Waals surface area (Å²) in [7, 11) is 0. The van der Waals surface area contributed by atoms with E-state index in [1.807, 2.05) is 11.8 Å². The largest absolute Gasteiger partial charge is 0.409 e. The van der Waals surface area contributed by atoms with Gasteiger partial charge in [-0.05, 0) is 41.4 Å². The Bertz CT molecular complexity index is 465. The summed E-state index contributed by atoms with van der Waals surface area (Å²) >= 11 is 3.16. The summed E-state index contributed by atoms with van der Waals surface area (Å²) in [6, 6.07) is 3.30. The van der Waals surface area contributed by atoms with Crippen LogP contribution in [-0.2, 0) is 0 Å². The molecule has 0 aliphatic rings. The predicted molar refractivity (Wildman–Crippen MR) is 79.4 cm³/mol. The van der Waals surface area contributed by atoms with Gasteiger partial charge >= 0.3 is 0 Å². The second kappa shape index (κ2) is 7.33. The number of nitrogens with two attached hydrogens (primary N) is 1. The van der Waals surface area contributed by atoms with Crippen LogP contribution in [0.3, 0.4) is 0 Å². The van der Waals surface area contributed by atoms with Crippen molar-refractivity contribution in [2.24, 2.45) is 10.9 Å². The van der Waals surface area contributed by atoms with E-state index >= 15 is 0 Å². The average Bonchev–Trinajstić information content (AvgIpc) is 2.43. The number of anilines is 1. The van der Waals surface area contributed by atoms with Crippen LogP contribution in [0, 0.1) is 5.82 Å². The van der Waals surface area contributed by atoms with E-state index in [1.165, 1.54) is 0 Å². The molecular weight excluding hydrogens is 313 g/mol. The number of oxime groups is 1. The highest BCUT2D eigenvalue weighted by Crippen LogP contribution is 2.29. The lowest BCUT2D eigenvalue weighted by molar-refractivity contribution is 0.318. The van der Waals surface area contributed by atoms with Crippen LogP contribution in [0.1, 0.15) is 32.3 Å². The van der Waals surface area contributed by atoms with Crippen LogP contribution in [-0.4, -0.2) is 24.1 Å². The van der Waals surface area contributed by atoms with E-state index in [9.17, 15) is 4.39 Å². The second-order valence-corrected chi connectivity index (χ2v) is 4.97. The minimum atomic E-state index is -0.387. The Balaban J connectivity index is 3.14. The van der Waals surface area contributed by atoms with Crippen molar-refractivity contribution >= 4 is 27.5 Å². The molecule has 0 aliphatic heterocycles. The van der Waals surface area contributed by atoms with Gasteiger partial charge in [-0.3, -0.25) is 0 Å². The molecule has 0 unspecified atom stereocenters. The van der Waals surface area contributed by atoms with Crippen LogP contribution in [0.5, 0.6) is 0 Å². The van der Waals surface area contributed by atoms with Crippen molar-refractivity contribution in [3.63, 3.8) is 0 Å². The molecule has 0 saturated heterocycles. The maximum Gasteiger partial charge on any atom is 0.171 e. The first kappa shape index (κ1) is 15.8. The minimum absolute atomic E-state index is 0.117. The van der Waals surface area contributed by atoms with Gasteiger partial charge in [0.2, 0.25) is 0 Å². The molecule has 0 aliphatic carbocycles. The van der Waals surface area contributed by atoms with Crippen molar-refractivity contribution in [3.05, 3.63) is 28.0 Å². The molecule has 4 nitrogen and oxygen atoms in total. The van der Waals surface area contributed by atoms with Gasteiger partial charge in [0.15, 0.2) is 11.7 Å². The topological polar surface area (TPSA) is 61.8 Å². The van der Waals surface area contributed by atoms with Gasteiger partial charge in [-0.2, -0.15) is 0 Å². The molecule has 106 valence electrons. The van der Waals surface area contributed by atoms with Crippen molar-refractivity contribution in [1.29, 1.82) is 0 Å². The number of benzene rings is 1. The van der Waals surface area contributed by atoms with Crippen LogP contribution < -0.4 is 10.6 Å².